The Morgan fingerprint density at radius 1 is 1.80 bits per heavy atom. The van der Waals surface area contributed by atoms with E-state index in [-0.39, 0.29) is 19.0 Å². The van der Waals surface area contributed by atoms with Gasteiger partial charge in [0.05, 0.1) is 6.61 Å². The third kappa shape index (κ3) is 17.1. The summed E-state index contributed by atoms with van der Waals surface area (Å²) < 4.78 is 0. The molecule has 0 saturated carbocycles. The largest absolute Gasteiger partial charge is 0.389 e. The van der Waals surface area contributed by atoms with Crippen LogP contribution in [-0.2, 0) is 4.79 Å². The first-order valence-electron chi connectivity index (χ1n) is 0.960. The molecule has 0 bridgehead atoms. The summed E-state index contributed by atoms with van der Waals surface area (Å²) in [5.74, 6) is 0. The van der Waals surface area contributed by atoms with E-state index in [1.165, 1.54) is 0 Å². The number of aldehydes is 1. The molecular formula is C2H5ClO2. The molecule has 0 aromatic rings. The summed E-state index contributed by atoms with van der Waals surface area (Å²) in [6.45, 7) is -0.361. The molecule has 0 aromatic carbocycles. The number of hydrogen-bond donors (Lipinski definition) is 1. The fourth-order valence-electron chi connectivity index (χ4n) is 0. The third-order valence-electron chi connectivity index (χ3n) is 0.0745. The van der Waals surface area contributed by atoms with Gasteiger partial charge in [0.25, 0.3) is 0 Å². The fraction of sp³-hybridized carbons (Fsp3) is 0.500. The number of rotatable bonds is 1. The second kappa shape index (κ2) is 9.07. The summed E-state index contributed by atoms with van der Waals surface area (Å²) in [5.41, 5.74) is 0. The van der Waals surface area contributed by atoms with Crippen LogP contribution in [0, 0.1) is 0 Å². The van der Waals surface area contributed by atoms with Crippen molar-refractivity contribution in [2.45, 2.75) is 0 Å². The lowest BCUT2D eigenvalue weighted by atomic mass is 10.9. The van der Waals surface area contributed by atoms with E-state index in [0.717, 1.165) is 0 Å². The molecular weight excluding hydrogens is 91.5 g/mol. The molecule has 32 valence electrons. The molecule has 0 aliphatic carbocycles. The fourth-order valence-corrected chi connectivity index (χ4v) is 0. The van der Waals surface area contributed by atoms with E-state index < -0.39 is 0 Å². The van der Waals surface area contributed by atoms with Crippen LogP contribution in [0.3, 0.4) is 0 Å². The molecule has 0 radical (unpaired) electrons. The minimum atomic E-state index is -0.361. The van der Waals surface area contributed by atoms with Gasteiger partial charge < -0.3 is 9.90 Å². The van der Waals surface area contributed by atoms with Gasteiger partial charge >= 0.3 is 0 Å². The molecule has 3 heteroatoms. The van der Waals surface area contributed by atoms with E-state index in [2.05, 4.69) is 0 Å². The van der Waals surface area contributed by atoms with Crippen LogP contribution >= 0.6 is 12.4 Å². The van der Waals surface area contributed by atoms with Gasteiger partial charge in [-0.15, -0.1) is 12.4 Å². The first-order valence-corrected chi connectivity index (χ1v) is 0.960. The van der Waals surface area contributed by atoms with Crippen LogP contribution in [-0.4, -0.2) is 18.0 Å². The highest BCUT2D eigenvalue weighted by molar-refractivity contribution is 5.85. The Balaban J connectivity index is 0. The van der Waals surface area contributed by atoms with Crippen LogP contribution in [0.15, 0.2) is 0 Å². The zero-order valence-corrected chi connectivity index (χ0v) is 3.36. The second-order valence-corrected chi connectivity index (χ2v) is 0.349. The molecule has 0 atom stereocenters. The van der Waals surface area contributed by atoms with Crippen LogP contribution in [0.2, 0.25) is 0 Å². The van der Waals surface area contributed by atoms with Gasteiger partial charge in [-0.3, -0.25) is 0 Å². The zero-order chi connectivity index (χ0) is 3.41. The average molecular weight is 96.5 g/mol. The predicted octanol–water partition coefficient (Wildman–Crippen LogP) is -0.401. The molecule has 0 aromatic heterocycles. The van der Waals surface area contributed by atoms with E-state index in [4.69, 9.17) is 9.90 Å². The van der Waals surface area contributed by atoms with Gasteiger partial charge in [0.15, 0.2) is 0 Å². The van der Waals surface area contributed by atoms with E-state index >= 15 is 0 Å². The second-order valence-electron chi connectivity index (χ2n) is 0.349. The Kier molecular flexibility index (Phi) is 16.1. The van der Waals surface area contributed by atoms with E-state index in [1.54, 1.807) is 0 Å². The van der Waals surface area contributed by atoms with Gasteiger partial charge in [-0.2, -0.15) is 0 Å². The molecule has 0 aliphatic heterocycles. The highest BCUT2D eigenvalue weighted by Gasteiger charge is 1.53. The van der Waals surface area contributed by atoms with Crippen molar-refractivity contribution >= 4 is 18.7 Å². The van der Waals surface area contributed by atoms with Crippen LogP contribution < -0.4 is 0 Å². The first kappa shape index (κ1) is 8.87. The van der Waals surface area contributed by atoms with Crippen molar-refractivity contribution in [3.8, 4) is 0 Å². The van der Waals surface area contributed by atoms with Crippen LogP contribution in [0.1, 0.15) is 0 Å². The van der Waals surface area contributed by atoms with Crippen molar-refractivity contribution in [2.75, 3.05) is 6.61 Å². The number of carbonyl (C=O) groups excluding carboxylic acids is 1. The minimum Gasteiger partial charge on any atom is -0.389 e. The average Bonchev–Trinajstić information content (AvgIpc) is 1.37. The lowest BCUT2D eigenvalue weighted by Gasteiger charge is -1.54. The summed E-state index contributed by atoms with van der Waals surface area (Å²) >= 11 is 0. The maximum atomic E-state index is 8.92. The van der Waals surface area contributed by atoms with Gasteiger partial charge in [0, 0.05) is 0 Å². The number of aliphatic hydroxyl groups is 1. The molecule has 0 saturated heterocycles. The standard InChI is InChI=1S/C2H4O2.ClH/c3-1-2-4;/h1,4H,2H2;1H. The van der Waals surface area contributed by atoms with Crippen molar-refractivity contribution < 1.29 is 9.90 Å². The molecule has 0 rings (SSSR count). The van der Waals surface area contributed by atoms with Gasteiger partial charge in [-0.1, -0.05) is 0 Å². The predicted molar refractivity (Wildman–Crippen MR) is 20.4 cm³/mol. The SMILES string of the molecule is Cl.O=CCO. The van der Waals surface area contributed by atoms with Gasteiger partial charge in [-0.25, -0.2) is 0 Å². The first-order chi connectivity index (χ1) is 1.91. The Hall–Kier alpha value is -0.0800. The Bertz CT molecular complexity index is 21.6. The Morgan fingerprint density at radius 2 is 2.00 bits per heavy atom. The molecule has 0 spiro atoms. The third-order valence-corrected chi connectivity index (χ3v) is 0.0745. The van der Waals surface area contributed by atoms with Crippen molar-refractivity contribution in [3.05, 3.63) is 0 Å². The van der Waals surface area contributed by atoms with Gasteiger partial charge in [-0.05, 0) is 0 Å². The van der Waals surface area contributed by atoms with E-state index in [9.17, 15) is 0 Å². The molecule has 0 amide bonds. The molecule has 2 nitrogen and oxygen atoms in total. The molecule has 5 heavy (non-hydrogen) atoms. The maximum Gasteiger partial charge on any atom is 0.145 e. The Morgan fingerprint density at radius 3 is 2.00 bits per heavy atom. The number of carbonyl (C=O) groups is 1. The summed E-state index contributed by atoms with van der Waals surface area (Å²) in [5, 5.41) is 7.51. The van der Waals surface area contributed by atoms with Crippen molar-refractivity contribution in [1.29, 1.82) is 0 Å². The lowest BCUT2D eigenvalue weighted by molar-refractivity contribution is -0.110. The van der Waals surface area contributed by atoms with Crippen LogP contribution in [0.25, 0.3) is 0 Å². The zero-order valence-electron chi connectivity index (χ0n) is 2.55. The summed E-state index contributed by atoms with van der Waals surface area (Å²) in [6.07, 6.45) is 0.431. The number of halogens is 1. The van der Waals surface area contributed by atoms with E-state index in [1.807, 2.05) is 0 Å². The minimum absolute atomic E-state index is 0. The monoisotopic (exact) mass is 96.0 g/mol. The summed E-state index contributed by atoms with van der Waals surface area (Å²) in [6, 6.07) is 0. The van der Waals surface area contributed by atoms with Crippen molar-refractivity contribution in [1.82, 2.24) is 0 Å². The van der Waals surface area contributed by atoms with Crippen molar-refractivity contribution in [2.24, 2.45) is 0 Å². The van der Waals surface area contributed by atoms with Gasteiger partial charge in [0.1, 0.15) is 6.29 Å². The van der Waals surface area contributed by atoms with Crippen molar-refractivity contribution in [3.63, 3.8) is 0 Å². The lowest BCUT2D eigenvalue weighted by Crippen LogP contribution is -1.75. The summed E-state index contributed by atoms with van der Waals surface area (Å²) in [4.78, 5) is 8.92. The normalized spacial score (nSPS) is 5.00. The van der Waals surface area contributed by atoms with Crippen LogP contribution in [0.5, 0.6) is 0 Å². The quantitative estimate of drug-likeness (QED) is 0.451. The Labute approximate surface area is 36.2 Å². The highest BCUT2D eigenvalue weighted by atomic mass is 35.5. The molecule has 0 unspecified atom stereocenters. The van der Waals surface area contributed by atoms with Gasteiger partial charge in [0.2, 0.25) is 0 Å². The highest BCUT2D eigenvalue weighted by Crippen LogP contribution is 1.27. The topological polar surface area (TPSA) is 37.3 Å². The van der Waals surface area contributed by atoms with E-state index in [0.29, 0.717) is 6.29 Å². The smallest absolute Gasteiger partial charge is 0.145 e. The molecule has 0 fully saturated rings. The molecule has 0 aliphatic rings. The summed E-state index contributed by atoms with van der Waals surface area (Å²) in [7, 11) is 0. The molecule has 0 heterocycles. The maximum absolute atomic E-state index is 8.92. The van der Waals surface area contributed by atoms with Crippen LogP contribution in [0.4, 0.5) is 0 Å². The number of aliphatic hydroxyl groups excluding tert-OH is 1. The number of hydrogen-bond acceptors (Lipinski definition) is 2. The molecule has 1 N–H and O–H groups in total.